The second-order valence-corrected chi connectivity index (χ2v) is 16.2. The highest BCUT2D eigenvalue weighted by atomic mass is 32.2. The van der Waals surface area contributed by atoms with Gasteiger partial charge in [-0.25, -0.2) is 26.4 Å². The number of ether oxygens (including phenoxy) is 3. The highest BCUT2D eigenvalue weighted by Gasteiger charge is 2.33. The van der Waals surface area contributed by atoms with Crippen LogP contribution >= 0.6 is 11.3 Å². The molecule has 0 radical (unpaired) electrons. The Hall–Kier alpha value is -4.35. The molecule has 0 amide bonds. The smallest absolute Gasteiger partial charge is 0.508 e. The number of benzene rings is 2. The molecular formula is C31H30F3NO10S3. The standard InChI is InChI=1S/C31H30F3NO10S3/c1-47(39,40)13-10-43-29(37)25-16-21-8-9-22(36)17-24(21)28(27-7-4-12-46-27)35(19-26(25)30(38)44-11-14-48(2,41)42)18-20-5-3-6-23(15-20)45-31(32,33)34/h3-9,12,15-17,19,28,36H,10-11,13-14,18H2,1-2H3. The third-order valence-electron chi connectivity index (χ3n) is 6.71. The lowest BCUT2D eigenvalue weighted by molar-refractivity contribution is -0.274. The molecule has 0 saturated carbocycles. The van der Waals surface area contributed by atoms with Crippen LogP contribution in [0, 0.1) is 0 Å². The number of fused-ring (bicyclic) bond motifs is 1. The van der Waals surface area contributed by atoms with Crippen LogP contribution in [0.25, 0.3) is 6.08 Å². The van der Waals surface area contributed by atoms with E-state index in [0.717, 1.165) is 24.6 Å². The van der Waals surface area contributed by atoms with Crippen molar-refractivity contribution in [1.82, 2.24) is 4.90 Å². The van der Waals surface area contributed by atoms with Crippen molar-refractivity contribution < 1.29 is 58.9 Å². The molecule has 4 rings (SSSR count). The molecule has 1 aliphatic heterocycles. The van der Waals surface area contributed by atoms with Gasteiger partial charge in [-0.15, -0.1) is 24.5 Å². The third kappa shape index (κ3) is 10.6. The lowest BCUT2D eigenvalue weighted by atomic mass is 9.91. The molecule has 11 nitrogen and oxygen atoms in total. The third-order valence-corrected chi connectivity index (χ3v) is 9.45. The topological polar surface area (TPSA) is 154 Å². The maximum absolute atomic E-state index is 13.6. The number of aromatic hydroxyl groups is 1. The van der Waals surface area contributed by atoms with E-state index < -0.39 is 80.1 Å². The van der Waals surface area contributed by atoms with E-state index in [0.29, 0.717) is 21.6 Å². The van der Waals surface area contributed by atoms with Crippen molar-refractivity contribution in [3.8, 4) is 11.5 Å². The van der Waals surface area contributed by atoms with Crippen molar-refractivity contribution in [2.45, 2.75) is 18.9 Å². The van der Waals surface area contributed by atoms with Gasteiger partial charge in [0.25, 0.3) is 0 Å². The number of phenols is 1. The van der Waals surface area contributed by atoms with Gasteiger partial charge in [-0.1, -0.05) is 24.3 Å². The number of rotatable bonds is 12. The largest absolute Gasteiger partial charge is 0.573 e. The normalized spacial score (nSPS) is 15.4. The predicted octanol–water partition coefficient (Wildman–Crippen LogP) is 4.40. The van der Waals surface area contributed by atoms with Gasteiger partial charge in [-0.05, 0) is 58.5 Å². The van der Waals surface area contributed by atoms with Crippen LogP contribution in [-0.2, 0) is 45.3 Å². The first-order valence-electron chi connectivity index (χ1n) is 14.0. The van der Waals surface area contributed by atoms with Crippen LogP contribution in [-0.4, -0.2) is 82.4 Å². The Morgan fingerprint density at radius 2 is 1.54 bits per heavy atom. The van der Waals surface area contributed by atoms with Crippen LogP contribution in [0.5, 0.6) is 11.5 Å². The number of nitrogens with zero attached hydrogens (tertiary/aromatic N) is 1. The van der Waals surface area contributed by atoms with Crippen LogP contribution in [0.2, 0.25) is 0 Å². The first kappa shape index (κ1) is 36.5. The molecule has 48 heavy (non-hydrogen) atoms. The van der Waals surface area contributed by atoms with E-state index in [9.17, 15) is 44.7 Å². The zero-order valence-electron chi connectivity index (χ0n) is 25.5. The number of carbonyl (C=O) groups excluding carboxylic acids is 2. The first-order valence-corrected chi connectivity index (χ1v) is 19.0. The molecule has 3 aromatic rings. The first-order chi connectivity index (χ1) is 22.4. The molecule has 1 unspecified atom stereocenters. The number of hydrogen-bond donors (Lipinski definition) is 1. The summed E-state index contributed by atoms with van der Waals surface area (Å²) in [5, 5.41) is 12.3. The number of halogens is 3. The Kier molecular flexibility index (Phi) is 11.3. The van der Waals surface area contributed by atoms with Crippen LogP contribution in [0.15, 0.2) is 77.3 Å². The molecular weight excluding hydrogens is 700 g/mol. The van der Waals surface area contributed by atoms with E-state index in [1.807, 2.05) is 0 Å². The Labute approximate surface area is 278 Å². The quantitative estimate of drug-likeness (QED) is 0.264. The Balaban J connectivity index is 1.91. The lowest BCUT2D eigenvalue weighted by Crippen LogP contribution is -2.29. The summed E-state index contributed by atoms with van der Waals surface area (Å²) in [5.74, 6) is -3.93. The van der Waals surface area contributed by atoms with Gasteiger partial charge in [0.05, 0.1) is 28.7 Å². The molecule has 1 aliphatic rings. The molecule has 0 saturated heterocycles. The number of hydrogen-bond acceptors (Lipinski definition) is 12. The SMILES string of the molecule is CS(=O)(=O)CCOC(=O)C1=Cc2ccc(O)cc2C(c2cccs2)N(Cc2cccc(OC(F)(F)F)c2)C=C1C(=O)OCCS(C)(=O)=O. The van der Waals surface area contributed by atoms with Gasteiger partial charge in [0.15, 0.2) is 19.7 Å². The van der Waals surface area contributed by atoms with Crippen molar-refractivity contribution in [2.24, 2.45) is 0 Å². The highest BCUT2D eigenvalue weighted by molar-refractivity contribution is 7.90. The van der Waals surface area contributed by atoms with Crippen molar-refractivity contribution in [1.29, 1.82) is 0 Å². The highest BCUT2D eigenvalue weighted by Crippen LogP contribution is 2.40. The number of carbonyl (C=O) groups is 2. The Morgan fingerprint density at radius 3 is 2.12 bits per heavy atom. The maximum atomic E-state index is 13.6. The van der Waals surface area contributed by atoms with Crippen LogP contribution in [0.4, 0.5) is 13.2 Å². The zero-order chi connectivity index (χ0) is 35.3. The fourth-order valence-electron chi connectivity index (χ4n) is 4.66. The maximum Gasteiger partial charge on any atom is 0.573 e. The fraction of sp³-hybridized carbons (Fsp3) is 0.290. The molecule has 0 bridgehead atoms. The Morgan fingerprint density at radius 1 is 0.896 bits per heavy atom. The number of sulfone groups is 2. The van der Waals surface area contributed by atoms with Gasteiger partial charge < -0.3 is 24.2 Å². The minimum Gasteiger partial charge on any atom is -0.508 e. The van der Waals surface area contributed by atoms with E-state index in [1.165, 1.54) is 53.9 Å². The molecule has 1 atom stereocenters. The van der Waals surface area contributed by atoms with E-state index in [1.54, 1.807) is 22.4 Å². The number of esters is 2. The second-order valence-electron chi connectivity index (χ2n) is 10.7. The van der Waals surface area contributed by atoms with Gasteiger partial charge in [-0.2, -0.15) is 0 Å². The van der Waals surface area contributed by atoms with E-state index >= 15 is 0 Å². The van der Waals surface area contributed by atoms with Gasteiger partial charge in [0, 0.05) is 30.1 Å². The average molecular weight is 730 g/mol. The molecule has 2 aromatic carbocycles. The lowest BCUT2D eigenvalue weighted by Gasteiger charge is -2.34. The van der Waals surface area contributed by atoms with Crippen molar-refractivity contribution in [3.05, 3.63) is 98.9 Å². The summed E-state index contributed by atoms with van der Waals surface area (Å²) in [6.45, 7) is -1.30. The number of phenolic OH excluding ortho intramolecular Hbond substituents is 1. The summed E-state index contributed by atoms with van der Waals surface area (Å²) >= 11 is 1.31. The van der Waals surface area contributed by atoms with Crippen molar-refractivity contribution >= 4 is 49.0 Å². The van der Waals surface area contributed by atoms with Crippen LogP contribution in [0.1, 0.15) is 27.6 Å². The summed E-state index contributed by atoms with van der Waals surface area (Å²) in [5.41, 5.74) is 0.264. The minimum atomic E-state index is -4.96. The van der Waals surface area contributed by atoms with Crippen LogP contribution < -0.4 is 4.74 Å². The average Bonchev–Trinajstić information content (AvgIpc) is 3.47. The second kappa shape index (κ2) is 14.8. The zero-order valence-corrected chi connectivity index (χ0v) is 27.9. The molecule has 1 N–H and O–H groups in total. The predicted molar refractivity (Wildman–Crippen MR) is 170 cm³/mol. The summed E-state index contributed by atoms with van der Waals surface area (Å²) in [6.07, 6.45) is -0.537. The van der Waals surface area contributed by atoms with E-state index in [-0.39, 0.29) is 17.9 Å². The van der Waals surface area contributed by atoms with Gasteiger partial charge >= 0.3 is 18.3 Å². The van der Waals surface area contributed by atoms with Crippen molar-refractivity contribution in [2.75, 3.05) is 37.2 Å². The molecule has 1 aromatic heterocycles. The monoisotopic (exact) mass is 729 g/mol. The van der Waals surface area contributed by atoms with Gasteiger partial charge in [-0.3, -0.25) is 0 Å². The molecule has 17 heteroatoms. The number of alkyl halides is 3. The van der Waals surface area contributed by atoms with Crippen molar-refractivity contribution in [3.63, 3.8) is 0 Å². The summed E-state index contributed by atoms with van der Waals surface area (Å²) in [7, 11) is -7.09. The van der Waals surface area contributed by atoms with Crippen LogP contribution in [0.3, 0.4) is 0 Å². The molecule has 0 spiro atoms. The summed E-state index contributed by atoms with van der Waals surface area (Å²) in [4.78, 5) is 29.4. The number of thiophene rings is 1. The fourth-order valence-corrected chi connectivity index (χ4v) is 6.30. The van der Waals surface area contributed by atoms with E-state index in [2.05, 4.69) is 4.74 Å². The molecule has 0 fully saturated rings. The summed E-state index contributed by atoms with van der Waals surface area (Å²) < 4.78 is 100. The molecule has 258 valence electrons. The minimum absolute atomic E-state index is 0.147. The molecule has 2 heterocycles. The van der Waals surface area contributed by atoms with E-state index in [4.69, 9.17) is 9.47 Å². The van der Waals surface area contributed by atoms with Gasteiger partial charge in [0.2, 0.25) is 0 Å². The Bertz CT molecular complexity index is 1940. The molecule has 0 aliphatic carbocycles. The summed E-state index contributed by atoms with van der Waals surface area (Å²) in [6, 6.07) is 12.1. The van der Waals surface area contributed by atoms with Gasteiger partial charge in [0.1, 0.15) is 24.7 Å².